The van der Waals surface area contributed by atoms with Crippen LogP contribution in [0.2, 0.25) is 0 Å². The van der Waals surface area contributed by atoms with Gasteiger partial charge in [0.05, 0.1) is 0 Å². The summed E-state index contributed by atoms with van der Waals surface area (Å²) in [6.45, 7) is 1.88. The summed E-state index contributed by atoms with van der Waals surface area (Å²) >= 11 is 0. The normalized spacial score (nSPS) is 28.6. The van der Waals surface area contributed by atoms with E-state index >= 15 is 0 Å². The third-order valence-corrected chi connectivity index (χ3v) is 3.61. The Balaban J connectivity index is 1.86. The number of carbonyl (C=O) groups is 1. The van der Waals surface area contributed by atoms with Crippen molar-refractivity contribution < 1.29 is 4.79 Å². The molecule has 0 aromatic carbocycles. The van der Waals surface area contributed by atoms with E-state index in [2.05, 4.69) is 10.2 Å². The van der Waals surface area contributed by atoms with Gasteiger partial charge in [0.1, 0.15) is 0 Å². The minimum absolute atomic E-state index is 0.352. The van der Waals surface area contributed by atoms with Crippen LogP contribution in [0.5, 0.6) is 0 Å². The average molecular weight is 196 g/mol. The molecular weight excluding hydrogens is 176 g/mol. The standard InChI is InChI=1S/C11H20N2O/c1-12-10-6-7-13(8-10)11(14)9-4-2-3-5-9/h9-10,12H,2-8H2,1H3/t10-/m1/s1. The Morgan fingerprint density at radius 1 is 1.29 bits per heavy atom. The summed E-state index contributed by atoms with van der Waals surface area (Å²) < 4.78 is 0. The molecule has 0 unspecified atom stereocenters. The predicted molar refractivity (Wildman–Crippen MR) is 56.0 cm³/mol. The molecule has 14 heavy (non-hydrogen) atoms. The zero-order valence-corrected chi connectivity index (χ0v) is 8.96. The minimum Gasteiger partial charge on any atom is -0.341 e. The second-order valence-electron chi connectivity index (χ2n) is 4.54. The number of likely N-dealkylation sites (tertiary alicyclic amines) is 1. The number of hydrogen-bond acceptors (Lipinski definition) is 2. The fraction of sp³-hybridized carbons (Fsp3) is 0.909. The molecule has 0 spiro atoms. The zero-order chi connectivity index (χ0) is 9.97. The Kier molecular flexibility index (Phi) is 3.06. The summed E-state index contributed by atoms with van der Waals surface area (Å²) in [5.41, 5.74) is 0. The summed E-state index contributed by atoms with van der Waals surface area (Å²) in [5.74, 6) is 0.769. The molecule has 3 heteroatoms. The van der Waals surface area contributed by atoms with E-state index < -0.39 is 0 Å². The van der Waals surface area contributed by atoms with Crippen LogP contribution < -0.4 is 5.32 Å². The van der Waals surface area contributed by atoms with Crippen LogP contribution in [0.3, 0.4) is 0 Å². The van der Waals surface area contributed by atoms with E-state index in [1.165, 1.54) is 12.8 Å². The molecule has 1 saturated heterocycles. The van der Waals surface area contributed by atoms with E-state index in [9.17, 15) is 4.79 Å². The highest BCUT2D eigenvalue weighted by molar-refractivity contribution is 5.79. The van der Waals surface area contributed by atoms with Crippen LogP contribution >= 0.6 is 0 Å². The maximum Gasteiger partial charge on any atom is 0.225 e. The smallest absolute Gasteiger partial charge is 0.225 e. The van der Waals surface area contributed by atoms with Crippen LogP contribution in [0.4, 0.5) is 0 Å². The maximum atomic E-state index is 12.0. The van der Waals surface area contributed by atoms with Crippen LogP contribution in [0, 0.1) is 5.92 Å². The second-order valence-corrected chi connectivity index (χ2v) is 4.54. The Hall–Kier alpha value is -0.570. The lowest BCUT2D eigenvalue weighted by Gasteiger charge is -2.20. The number of likely N-dealkylation sites (N-methyl/N-ethyl adjacent to an activating group) is 1. The van der Waals surface area contributed by atoms with Crippen LogP contribution in [-0.2, 0) is 4.79 Å². The molecule has 1 heterocycles. The van der Waals surface area contributed by atoms with Crippen molar-refractivity contribution >= 4 is 5.91 Å². The summed E-state index contributed by atoms with van der Waals surface area (Å²) in [6, 6.07) is 0.528. The fourth-order valence-electron chi connectivity index (χ4n) is 2.63. The summed E-state index contributed by atoms with van der Waals surface area (Å²) in [6.07, 6.45) is 5.87. The molecule has 1 atom stereocenters. The maximum absolute atomic E-state index is 12.0. The average Bonchev–Trinajstić information content (AvgIpc) is 2.88. The van der Waals surface area contributed by atoms with Gasteiger partial charge in [0, 0.05) is 25.0 Å². The van der Waals surface area contributed by atoms with Crippen molar-refractivity contribution in [2.24, 2.45) is 5.92 Å². The van der Waals surface area contributed by atoms with Gasteiger partial charge in [-0.15, -0.1) is 0 Å². The number of amides is 1. The van der Waals surface area contributed by atoms with E-state index in [1.54, 1.807) is 0 Å². The van der Waals surface area contributed by atoms with E-state index in [0.29, 0.717) is 17.9 Å². The molecular formula is C11H20N2O. The molecule has 1 amide bonds. The topological polar surface area (TPSA) is 32.3 Å². The van der Waals surface area contributed by atoms with Gasteiger partial charge in [-0.2, -0.15) is 0 Å². The summed E-state index contributed by atoms with van der Waals surface area (Å²) in [5, 5.41) is 3.25. The van der Waals surface area contributed by atoms with Crippen LogP contribution in [0.25, 0.3) is 0 Å². The Bertz CT molecular complexity index is 211. The lowest BCUT2D eigenvalue weighted by atomic mass is 10.1. The van der Waals surface area contributed by atoms with Gasteiger partial charge in [-0.05, 0) is 26.3 Å². The van der Waals surface area contributed by atoms with Gasteiger partial charge in [-0.1, -0.05) is 12.8 Å². The first-order valence-electron chi connectivity index (χ1n) is 5.77. The van der Waals surface area contributed by atoms with Gasteiger partial charge in [0.15, 0.2) is 0 Å². The monoisotopic (exact) mass is 196 g/mol. The lowest BCUT2D eigenvalue weighted by molar-refractivity contribution is -0.134. The number of carbonyl (C=O) groups excluding carboxylic acids is 1. The zero-order valence-electron chi connectivity index (χ0n) is 8.96. The number of nitrogens with zero attached hydrogens (tertiary/aromatic N) is 1. The van der Waals surface area contributed by atoms with Crippen LogP contribution in [-0.4, -0.2) is 37.0 Å². The Labute approximate surface area is 85.8 Å². The van der Waals surface area contributed by atoms with Crippen molar-refractivity contribution in [2.75, 3.05) is 20.1 Å². The van der Waals surface area contributed by atoms with Crippen molar-refractivity contribution in [2.45, 2.75) is 38.1 Å². The molecule has 2 rings (SSSR count). The molecule has 2 aliphatic rings. The van der Waals surface area contributed by atoms with E-state index in [0.717, 1.165) is 32.4 Å². The molecule has 2 fully saturated rings. The number of hydrogen-bond donors (Lipinski definition) is 1. The van der Waals surface area contributed by atoms with Gasteiger partial charge in [0.2, 0.25) is 5.91 Å². The predicted octanol–water partition coefficient (Wildman–Crippen LogP) is 0.997. The lowest BCUT2D eigenvalue weighted by Crippen LogP contribution is -2.36. The highest BCUT2D eigenvalue weighted by Crippen LogP contribution is 2.27. The molecule has 80 valence electrons. The highest BCUT2D eigenvalue weighted by Gasteiger charge is 2.31. The van der Waals surface area contributed by atoms with Crippen molar-refractivity contribution in [3.63, 3.8) is 0 Å². The second kappa shape index (κ2) is 4.30. The Morgan fingerprint density at radius 2 is 2.00 bits per heavy atom. The molecule has 0 radical (unpaired) electrons. The first-order chi connectivity index (χ1) is 6.81. The number of rotatable bonds is 2. The van der Waals surface area contributed by atoms with E-state index in [1.807, 2.05) is 7.05 Å². The van der Waals surface area contributed by atoms with Crippen molar-refractivity contribution in [3.05, 3.63) is 0 Å². The van der Waals surface area contributed by atoms with Crippen molar-refractivity contribution in [3.8, 4) is 0 Å². The Morgan fingerprint density at radius 3 is 2.57 bits per heavy atom. The fourth-order valence-corrected chi connectivity index (χ4v) is 2.63. The summed E-state index contributed by atoms with van der Waals surface area (Å²) in [4.78, 5) is 14.1. The van der Waals surface area contributed by atoms with Crippen molar-refractivity contribution in [1.29, 1.82) is 0 Å². The van der Waals surface area contributed by atoms with Gasteiger partial charge >= 0.3 is 0 Å². The largest absolute Gasteiger partial charge is 0.341 e. The molecule has 1 aliphatic carbocycles. The van der Waals surface area contributed by atoms with Gasteiger partial charge in [-0.3, -0.25) is 4.79 Å². The van der Waals surface area contributed by atoms with Gasteiger partial charge < -0.3 is 10.2 Å². The van der Waals surface area contributed by atoms with E-state index in [4.69, 9.17) is 0 Å². The van der Waals surface area contributed by atoms with Crippen molar-refractivity contribution in [1.82, 2.24) is 10.2 Å². The minimum atomic E-state index is 0.352. The molecule has 0 aromatic rings. The molecule has 0 bridgehead atoms. The SMILES string of the molecule is CN[C@@H]1CCN(C(=O)C2CCCC2)C1. The van der Waals surface area contributed by atoms with Crippen LogP contribution in [0.1, 0.15) is 32.1 Å². The molecule has 0 aromatic heterocycles. The quantitative estimate of drug-likeness (QED) is 0.714. The third-order valence-electron chi connectivity index (χ3n) is 3.61. The molecule has 3 nitrogen and oxygen atoms in total. The molecule has 1 aliphatic heterocycles. The summed E-state index contributed by atoms with van der Waals surface area (Å²) in [7, 11) is 1.98. The molecule has 1 N–H and O–H groups in total. The first-order valence-corrected chi connectivity index (χ1v) is 5.77. The van der Waals surface area contributed by atoms with Gasteiger partial charge in [-0.25, -0.2) is 0 Å². The number of nitrogens with one attached hydrogen (secondary N) is 1. The van der Waals surface area contributed by atoms with Gasteiger partial charge in [0.25, 0.3) is 0 Å². The highest BCUT2D eigenvalue weighted by atomic mass is 16.2. The third kappa shape index (κ3) is 1.92. The van der Waals surface area contributed by atoms with Crippen LogP contribution in [0.15, 0.2) is 0 Å². The molecule has 1 saturated carbocycles. The first kappa shape index (κ1) is 9.97. The van der Waals surface area contributed by atoms with E-state index in [-0.39, 0.29) is 0 Å².